The third-order valence-corrected chi connectivity index (χ3v) is 4.32. The van der Waals surface area contributed by atoms with E-state index in [0.29, 0.717) is 10.8 Å². The highest BCUT2D eigenvalue weighted by Gasteiger charge is 2.10. The number of nitrogens with one attached hydrogen (secondary N) is 1. The summed E-state index contributed by atoms with van der Waals surface area (Å²) < 4.78 is 0. The highest BCUT2D eigenvalue weighted by molar-refractivity contribution is 7.13. The Morgan fingerprint density at radius 3 is 2.83 bits per heavy atom. The van der Waals surface area contributed by atoms with Crippen molar-refractivity contribution in [1.29, 1.82) is 0 Å². The molecule has 4 nitrogen and oxygen atoms in total. The zero-order chi connectivity index (χ0) is 17.5. The van der Waals surface area contributed by atoms with Gasteiger partial charge in [-0.1, -0.05) is 36.8 Å². The lowest BCUT2D eigenvalue weighted by Crippen LogP contribution is -2.01. The van der Waals surface area contributed by atoms with Crippen LogP contribution in [-0.2, 0) is 0 Å². The van der Waals surface area contributed by atoms with E-state index in [1.165, 1.54) is 11.3 Å². The Morgan fingerprint density at radius 1 is 1.42 bits per heavy atom. The van der Waals surface area contributed by atoms with Crippen LogP contribution in [0.2, 0.25) is 5.02 Å². The highest BCUT2D eigenvalue weighted by atomic mass is 35.5. The molecule has 0 unspecified atom stereocenters. The number of thiazole rings is 1. The van der Waals surface area contributed by atoms with E-state index in [2.05, 4.69) is 22.2 Å². The van der Waals surface area contributed by atoms with Gasteiger partial charge in [-0.2, -0.15) is 0 Å². The van der Waals surface area contributed by atoms with Gasteiger partial charge in [-0.3, -0.25) is 0 Å². The van der Waals surface area contributed by atoms with Gasteiger partial charge in [-0.15, -0.1) is 11.3 Å². The number of rotatable bonds is 6. The molecule has 2 aromatic rings. The summed E-state index contributed by atoms with van der Waals surface area (Å²) >= 11 is 7.37. The maximum absolute atomic E-state index is 6.15. The summed E-state index contributed by atoms with van der Waals surface area (Å²) in [4.78, 5) is 8.87. The summed E-state index contributed by atoms with van der Waals surface area (Å²) in [5.74, 6) is 0.707. The van der Waals surface area contributed by atoms with Crippen molar-refractivity contribution in [2.75, 3.05) is 5.32 Å². The second-order valence-corrected chi connectivity index (χ2v) is 6.43. The number of anilines is 2. The lowest BCUT2D eigenvalue weighted by molar-refractivity contribution is 1.16. The van der Waals surface area contributed by atoms with Crippen LogP contribution in [0.4, 0.5) is 10.9 Å². The average molecular weight is 361 g/mol. The molecular weight excluding hydrogens is 340 g/mol. The molecule has 24 heavy (non-hydrogen) atoms. The summed E-state index contributed by atoms with van der Waals surface area (Å²) in [6, 6.07) is 3.61. The molecule has 0 aliphatic heterocycles. The standard InChI is InChI=1S/C18H21ClN4S/c1-4-6-14(12(3)15(20)7-5-2)16-11-24-18(22-16)23-17-9-8-13(19)10-21-17/h4,6-11H,5,20H2,1-3H3,(H,21,22,23)/b6-4-,14-12+,15-7-. The van der Waals surface area contributed by atoms with Gasteiger partial charge in [0, 0.05) is 22.8 Å². The molecule has 0 aliphatic carbocycles. The number of nitrogens with two attached hydrogens (primary N) is 1. The molecule has 0 amide bonds. The minimum atomic E-state index is 0.604. The first-order valence-corrected chi connectivity index (χ1v) is 8.95. The zero-order valence-electron chi connectivity index (χ0n) is 14.0. The van der Waals surface area contributed by atoms with Crippen LogP contribution in [0.5, 0.6) is 0 Å². The summed E-state index contributed by atoms with van der Waals surface area (Å²) in [7, 11) is 0. The van der Waals surface area contributed by atoms with E-state index in [0.717, 1.165) is 34.1 Å². The molecular formula is C18H21ClN4S. The predicted octanol–water partition coefficient (Wildman–Crippen LogP) is 5.54. The fourth-order valence-corrected chi connectivity index (χ4v) is 2.94. The Hall–Kier alpha value is -2.11. The molecule has 0 saturated carbocycles. The lowest BCUT2D eigenvalue weighted by atomic mass is 10.0. The molecule has 2 aromatic heterocycles. The Kier molecular flexibility index (Phi) is 6.58. The largest absolute Gasteiger partial charge is 0.399 e. The molecule has 0 aromatic carbocycles. The van der Waals surface area contributed by atoms with Crippen LogP contribution in [-0.4, -0.2) is 9.97 Å². The van der Waals surface area contributed by atoms with Crippen LogP contribution in [0.1, 0.15) is 32.9 Å². The van der Waals surface area contributed by atoms with E-state index < -0.39 is 0 Å². The van der Waals surface area contributed by atoms with Crippen molar-refractivity contribution in [2.24, 2.45) is 5.73 Å². The highest BCUT2D eigenvalue weighted by Crippen LogP contribution is 2.28. The number of aromatic nitrogens is 2. The number of nitrogens with zero attached hydrogens (tertiary/aromatic N) is 2. The molecule has 126 valence electrons. The van der Waals surface area contributed by atoms with Gasteiger partial charge in [-0.05, 0) is 38.0 Å². The van der Waals surface area contributed by atoms with E-state index in [9.17, 15) is 0 Å². The van der Waals surface area contributed by atoms with Gasteiger partial charge in [0.2, 0.25) is 0 Å². The topological polar surface area (TPSA) is 63.8 Å². The first-order chi connectivity index (χ1) is 11.5. The summed E-state index contributed by atoms with van der Waals surface area (Å²) in [5.41, 5.74) is 9.87. The van der Waals surface area contributed by atoms with Crippen molar-refractivity contribution >= 4 is 39.5 Å². The Labute approximate surface area is 151 Å². The van der Waals surface area contributed by atoms with Crippen molar-refractivity contribution < 1.29 is 0 Å². The normalized spacial score (nSPS) is 13.2. The number of halogens is 1. The number of hydrogen-bond donors (Lipinski definition) is 2. The van der Waals surface area contributed by atoms with Crippen molar-refractivity contribution in [3.63, 3.8) is 0 Å². The molecule has 0 spiro atoms. The molecule has 0 saturated heterocycles. The quantitative estimate of drug-likeness (QED) is 0.664. The van der Waals surface area contributed by atoms with Crippen molar-refractivity contribution in [2.45, 2.75) is 27.2 Å². The second-order valence-electron chi connectivity index (χ2n) is 5.13. The van der Waals surface area contributed by atoms with Crippen molar-refractivity contribution in [3.8, 4) is 0 Å². The van der Waals surface area contributed by atoms with E-state index >= 15 is 0 Å². The van der Waals surface area contributed by atoms with Crippen LogP contribution >= 0.6 is 22.9 Å². The SMILES string of the molecule is C\C=C/C(=C(C)\C(N)=C\CC)c1csc(Nc2ccc(Cl)cn2)n1. The Bertz CT molecular complexity index is 773. The van der Waals surface area contributed by atoms with Gasteiger partial charge in [0.15, 0.2) is 5.13 Å². The zero-order valence-corrected chi connectivity index (χ0v) is 15.6. The van der Waals surface area contributed by atoms with Gasteiger partial charge in [0.05, 0.1) is 10.7 Å². The number of allylic oxidation sites excluding steroid dienone is 5. The van der Waals surface area contributed by atoms with Crippen LogP contribution in [0, 0.1) is 0 Å². The molecule has 6 heteroatoms. The van der Waals surface area contributed by atoms with Gasteiger partial charge in [0.1, 0.15) is 5.82 Å². The Morgan fingerprint density at radius 2 is 2.21 bits per heavy atom. The summed E-state index contributed by atoms with van der Waals surface area (Å²) in [5, 5.41) is 6.57. The average Bonchev–Trinajstić information content (AvgIpc) is 3.02. The summed E-state index contributed by atoms with van der Waals surface area (Å²) in [6.45, 7) is 6.07. The fraction of sp³-hybridized carbons (Fsp3) is 0.222. The van der Waals surface area contributed by atoms with Crippen LogP contribution in [0.3, 0.4) is 0 Å². The first kappa shape index (κ1) is 18.2. The molecule has 3 N–H and O–H groups in total. The molecule has 0 bridgehead atoms. The maximum atomic E-state index is 6.15. The third kappa shape index (κ3) is 4.69. The van der Waals surface area contributed by atoms with Gasteiger partial charge in [-0.25, -0.2) is 9.97 Å². The summed E-state index contributed by atoms with van der Waals surface area (Å²) in [6.07, 6.45) is 8.54. The molecule has 2 rings (SSSR count). The van der Waals surface area contributed by atoms with Crippen LogP contribution in [0.15, 0.2) is 53.2 Å². The van der Waals surface area contributed by atoms with Gasteiger partial charge >= 0.3 is 0 Å². The lowest BCUT2D eigenvalue weighted by Gasteiger charge is -2.07. The fourth-order valence-electron chi connectivity index (χ4n) is 2.11. The molecule has 0 aliphatic rings. The van der Waals surface area contributed by atoms with Crippen LogP contribution < -0.4 is 11.1 Å². The van der Waals surface area contributed by atoms with Crippen molar-refractivity contribution in [1.82, 2.24) is 9.97 Å². The monoisotopic (exact) mass is 360 g/mol. The minimum Gasteiger partial charge on any atom is -0.399 e. The molecule has 0 fully saturated rings. The molecule has 0 radical (unpaired) electrons. The van der Waals surface area contributed by atoms with Crippen molar-refractivity contribution in [3.05, 3.63) is 63.9 Å². The van der Waals surface area contributed by atoms with Crippen LogP contribution in [0.25, 0.3) is 5.57 Å². The van der Waals surface area contributed by atoms with E-state index in [-0.39, 0.29) is 0 Å². The molecule has 2 heterocycles. The number of pyridine rings is 1. The van der Waals surface area contributed by atoms with E-state index in [4.69, 9.17) is 17.3 Å². The minimum absolute atomic E-state index is 0.604. The predicted molar refractivity (Wildman–Crippen MR) is 105 cm³/mol. The second kappa shape index (κ2) is 8.66. The van der Waals surface area contributed by atoms with Gasteiger partial charge < -0.3 is 11.1 Å². The first-order valence-electron chi connectivity index (χ1n) is 7.69. The Balaban J connectivity index is 2.30. The maximum Gasteiger partial charge on any atom is 0.188 e. The van der Waals surface area contributed by atoms with E-state index in [1.54, 1.807) is 12.3 Å². The van der Waals surface area contributed by atoms with Gasteiger partial charge in [0.25, 0.3) is 0 Å². The van der Waals surface area contributed by atoms with E-state index in [1.807, 2.05) is 43.5 Å². The molecule has 0 atom stereocenters. The third-order valence-electron chi connectivity index (χ3n) is 3.34. The number of hydrogen-bond acceptors (Lipinski definition) is 5. The smallest absolute Gasteiger partial charge is 0.188 e.